The lowest BCUT2D eigenvalue weighted by atomic mass is 10.1. The van der Waals surface area contributed by atoms with Crippen LogP contribution in [0.25, 0.3) is 0 Å². The van der Waals surface area contributed by atoms with E-state index < -0.39 is 6.10 Å². The normalized spacial score (nSPS) is 13.1. The summed E-state index contributed by atoms with van der Waals surface area (Å²) in [6.45, 7) is 6.33. The van der Waals surface area contributed by atoms with Gasteiger partial charge in [-0.05, 0) is 135 Å². The Labute approximate surface area is 467 Å². The molecule has 6 heteroatoms. The topological polar surface area (TPSA) is 78.9 Å². The number of rotatable bonds is 54. The van der Waals surface area contributed by atoms with Crippen molar-refractivity contribution in [2.24, 2.45) is 0 Å². The molecule has 0 rings (SSSR count). The van der Waals surface area contributed by atoms with Gasteiger partial charge < -0.3 is 14.2 Å². The molecule has 0 spiro atoms. The van der Waals surface area contributed by atoms with Gasteiger partial charge >= 0.3 is 17.9 Å². The summed E-state index contributed by atoms with van der Waals surface area (Å²) in [6, 6.07) is 0. The molecule has 6 nitrogen and oxygen atoms in total. The van der Waals surface area contributed by atoms with Gasteiger partial charge in [-0.1, -0.05) is 250 Å². The molecule has 0 N–H and O–H groups in total. The van der Waals surface area contributed by atoms with Crippen LogP contribution in [0.15, 0.2) is 146 Å². The van der Waals surface area contributed by atoms with E-state index in [1.165, 1.54) is 83.5 Å². The molecule has 1 atom stereocenters. The fraction of sp³-hybridized carbons (Fsp3) is 0.614. The molecule has 0 heterocycles. The number of carbonyl (C=O) groups is 3. The molecule has 0 amide bonds. The van der Waals surface area contributed by atoms with E-state index in [-0.39, 0.29) is 37.5 Å². The summed E-state index contributed by atoms with van der Waals surface area (Å²) >= 11 is 0. The molecule has 0 aromatic rings. The van der Waals surface area contributed by atoms with E-state index in [2.05, 4.69) is 167 Å². The van der Waals surface area contributed by atoms with Gasteiger partial charge in [-0.15, -0.1) is 0 Å². The van der Waals surface area contributed by atoms with Crippen molar-refractivity contribution in [1.82, 2.24) is 0 Å². The summed E-state index contributed by atoms with van der Waals surface area (Å²) in [5.41, 5.74) is 0. The number of hydrogen-bond acceptors (Lipinski definition) is 6. The van der Waals surface area contributed by atoms with Gasteiger partial charge in [0.1, 0.15) is 13.2 Å². The van der Waals surface area contributed by atoms with Gasteiger partial charge in [0.25, 0.3) is 0 Å². The Bertz CT molecular complexity index is 1680. The predicted molar refractivity (Wildman–Crippen MR) is 329 cm³/mol. The number of ether oxygens (including phenoxy) is 3. The highest BCUT2D eigenvalue weighted by molar-refractivity contribution is 5.71. The third-order valence-electron chi connectivity index (χ3n) is 12.6. The third kappa shape index (κ3) is 60.2. The third-order valence-corrected chi connectivity index (χ3v) is 12.6. The standard InChI is InChI=1S/C70H112O6/c1-4-7-10-13-16-19-22-25-28-31-33-34-35-36-37-40-42-45-48-51-54-57-60-63-69(72)75-66-67(65-74-68(71)62-59-56-53-50-47-44-41-38-30-27-24-21-18-15-12-9-6-3)76-70(73)64-61-58-55-52-49-46-43-39-32-29-26-23-20-17-14-11-8-5-2/h7,9-10,12,16,18-21,23,25,27-30,32-34,36-37,41,44,50,53,67H,4-6,8,11,13-15,17,22,24,26,31,35,38-40,42-43,45-49,51-52,54-66H2,1-3H3/b10-7-,12-9-,19-16-,21-18-,23-20-,28-25-,30-27-,32-29-,34-33-,37-36-,44-41-,53-50-. The van der Waals surface area contributed by atoms with E-state index in [0.29, 0.717) is 19.3 Å². The molecule has 0 radical (unpaired) electrons. The van der Waals surface area contributed by atoms with E-state index in [0.717, 1.165) is 128 Å². The molecule has 0 aliphatic carbocycles. The second kappa shape index (κ2) is 62.8. The number of unbranched alkanes of at least 4 members (excludes halogenated alkanes) is 19. The van der Waals surface area contributed by atoms with Crippen molar-refractivity contribution in [3.05, 3.63) is 146 Å². The Hall–Kier alpha value is -4.71. The average molecular weight is 1050 g/mol. The number of hydrogen-bond donors (Lipinski definition) is 0. The summed E-state index contributed by atoms with van der Waals surface area (Å²) in [7, 11) is 0. The predicted octanol–water partition coefficient (Wildman–Crippen LogP) is 21.2. The Balaban J connectivity index is 4.51. The zero-order valence-electron chi connectivity index (χ0n) is 49.0. The smallest absolute Gasteiger partial charge is 0.306 e. The molecule has 428 valence electrons. The highest BCUT2D eigenvalue weighted by Gasteiger charge is 2.19. The van der Waals surface area contributed by atoms with Crippen molar-refractivity contribution < 1.29 is 28.6 Å². The first kappa shape index (κ1) is 71.3. The molecule has 1 unspecified atom stereocenters. The molecule has 0 aliphatic heterocycles. The largest absolute Gasteiger partial charge is 0.462 e. The Morgan fingerprint density at radius 1 is 0.276 bits per heavy atom. The molecule has 0 saturated carbocycles. The van der Waals surface area contributed by atoms with Crippen molar-refractivity contribution >= 4 is 17.9 Å². The molecule has 0 aromatic carbocycles. The van der Waals surface area contributed by atoms with Gasteiger partial charge in [0, 0.05) is 19.3 Å². The summed E-state index contributed by atoms with van der Waals surface area (Å²) < 4.78 is 16.9. The van der Waals surface area contributed by atoms with Gasteiger partial charge in [0.15, 0.2) is 6.10 Å². The molecular formula is C70H112O6. The first-order chi connectivity index (χ1) is 37.5. The maximum Gasteiger partial charge on any atom is 0.306 e. The maximum absolute atomic E-state index is 12.9. The Kier molecular flexibility index (Phi) is 58.9. The van der Waals surface area contributed by atoms with E-state index in [1.807, 2.05) is 0 Å². The second-order valence-corrected chi connectivity index (χ2v) is 19.8. The van der Waals surface area contributed by atoms with E-state index in [4.69, 9.17) is 14.2 Å². The van der Waals surface area contributed by atoms with Gasteiger partial charge in [-0.2, -0.15) is 0 Å². The summed E-state index contributed by atoms with van der Waals surface area (Å²) in [4.78, 5) is 38.3. The van der Waals surface area contributed by atoms with E-state index in [9.17, 15) is 14.4 Å². The van der Waals surface area contributed by atoms with Crippen molar-refractivity contribution in [1.29, 1.82) is 0 Å². The van der Waals surface area contributed by atoms with Crippen molar-refractivity contribution in [3.63, 3.8) is 0 Å². The van der Waals surface area contributed by atoms with Crippen molar-refractivity contribution in [2.45, 2.75) is 264 Å². The lowest BCUT2D eigenvalue weighted by Gasteiger charge is -2.18. The van der Waals surface area contributed by atoms with E-state index >= 15 is 0 Å². The van der Waals surface area contributed by atoms with Crippen LogP contribution in [-0.4, -0.2) is 37.2 Å². The van der Waals surface area contributed by atoms with Gasteiger partial charge in [0.05, 0.1) is 0 Å². The molecule has 0 aromatic heterocycles. The fourth-order valence-electron chi connectivity index (χ4n) is 8.01. The fourth-order valence-corrected chi connectivity index (χ4v) is 8.01. The highest BCUT2D eigenvalue weighted by atomic mass is 16.6. The zero-order chi connectivity index (χ0) is 55.0. The molecular weight excluding hydrogens is 937 g/mol. The Morgan fingerprint density at radius 3 is 0.855 bits per heavy atom. The van der Waals surface area contributed by atoms with Crippen LogP contribution in [0.1, 0.15) is 258 Å². The quantitative estimate of drug-likeness (QED) is 0.0261. The summed E-state index contributed by atoms with van der Waals surface area (Å²) in [5, 5.41) is 0. The van der Waals surface area contributed by atoms with Crippen LogP contribution in [0.3, 0.4) is 0 Å². The van der Waals surface area contributed by atoms with Crippen LogP contribution < -0.4 is 0 Å². The van der Waals surface area contributed by atoms with E-state index in [1.54, 1.807) is 0 Å². The first-order valence-corrected chi connectivity index (χ1v) is 30.8. The number of carbonyl (C=O) groups excluding carboxylic acids is 3. The summed E-state index contributed by atoms with van der Waals surface area (Å²) in [6.07, 6.45) is 89.9. The van der Waals surface area contributed by atoms with Crippen LogP contribution in [-0.2, 0) is 28.6 Å². The maximum atomic E-state index is 12.9. The minimum absolute atomic E-state index is 0.110. The molecule has 76 heavy (non-hydrogen) atoms. The number of esters is 3. The molecule has 0 saturated heterocycles. The van der Waals surface area contributed by atoms with Crippen LogP contribution in [0.2, 0.25) is 0 Å². The zero-order valence-corrected chi connectivity index (χ0v) is 49.0. The van der Waals surface area contributed by atoms with Crippen LogP contribution in [0, 0.1) is 0 Å². The van der Waals surface area contributed by atoms with Crippen molar-refractivity contribution in [2.75, 3.05) is 13.2 Å². The average Bonchev–Trinajstić information content (AvgIpc) is 3.42. The lowest BCUT2D eigenvalue weighted by molar-refractivity contribution is -0.167. The van der Waals surface area contributed by atoms with Gasteiger partial charge in [-0.3, -0.25) is 14.4 Å². The minimum Gasteiger partial charge on any atom is -0.462 e. The first-order valence-electron chi connectivity index (χ1n) is 30.8. The monoisotopic (exact) mass is 1050 g/mol. The van der Waals surface area contributed by atoms with Gasteiger partial charge in [-0.25, -0.2) is 0 Å². The molecule has 0 aliphatic rings. The second-order valence-electron chi connectivity index (χ2n) is 19.8. The van der Waals surface area contributed by atoms with Crippen molar-refractivity contribution in [3.8, 4) is 0 Å². The van der Waals surface area contributed by atoms with Crippen LogP contribution >= 0.6 is 0 Å². The SMILES string of the molecule is CC/C=C\C/C=C\C/C=C\C/C=C\C/C=C\CCCCCCCCCC(=O)OCC(COC(=O)CCC/C=C\C/C=C\C/C=C\C/C=C\C/C=C\CC)OC(=O)CCCCCCCCC/C=C\C/C=C\CCCCCC. The molecule has 0 bridgehead atoms. The van der Waals surface area contributed by atoms with Gasteiger partial charge in [0.2, 0.25) is 0 Å². The summed E-state index contributed by atoms with van der Waals surface area (Å²) in [5.74, 6) is -0.991. The van der Waals surface area contributed by atoms with Crippen LogP contribution in [0.5, 0.6) is 0 Å². The minimum atomic E-state index is -0.818. The van der Waals surface area contributed by atoms with Crippen LogP contribution in [0.4, 0.5) is 0 Å². The highest BCUT2D eigenvalue weighted by Crippen LogP contribution is 2.14. The number of allylic oxidation sites excluding steroid dienone is 24. The molecule has 0 fully saturated rings. The lowest BCUT2D eigenvalue weighted by Crippen LogP contribution is -2.30. The Morgan fingerprint density at radius 2 is 0.526 bits per heavy atom.